The molecule has 3 rings (SSSR count). The zero-order chi connectivity index (χ0) is 15.0. The topological polar surface area (TPSA) is 64.9 Å². The van der Waals surface area contributed by atoms with E-state index in [0.717, 1.165) is 10.9 Å². The van der Waals surface area contributed by atoms with Crippen LogP contribution >= 0.6 is 0 Å². The molecule has 2 atom stereocenters. The third-order valence-electron chi connectivity index (χ3n) is 3.73. The molecule has 0 aliphatic rings. The number of benzene rings is 2. The maximum Gasteiger partial charge on any atom is 0.231 e. The number of hydrogen-bond acceptors (Lipinski definition) is 4. The minimum absolute atomic E-state index is 0.0297. The summed E-state index contributed by atoms with van der Waals surface area (Å²) in [6, 6.07) is 10.2. The van der Waals surface area contributed by atoms with E-state index in [-0.39, 0.29) is 17.8 Å². The Labute approximate surface area is 121 Å². The molecule has 0 spiro atoms. The van der Waals surface area contributed by atoms with Gasteiger partial charge in [0.25, 0.3) is 0 Å². The van der Waals surface area contributed by atoms with E-state index in [1.165, 1.54) is 6.07 Å². The van der Waals surface area contributed by atoms with Crippen LogP contribution in [0.3, 0.4) is 0 Å². The molecule has 0 amide bonds. The lowest BCUT2D eigenvalue weighted by atomic mass is 10.0. The highest BCUT2D eigenvalue weighted by molar-refractivity contribution is 5.95. The molecule has 0 saturated carbocycles. The molecule has 0 aliphatic carbocycles. The minimum Gasteiger partial charge on any atom is -0.339 e. The summed E-state index contributed by atoms with van der Waals surface area (Å²) in [7, 11) is 0. The van der Waals surface area contributed by atoms with Gasteiger partial charge in [0.05, 0.1) is 5.92 Å². The van der Waals surface area contributed by atoms with Crippen molar-refractivity contribution in [2.75, 3.05) is 0 Å². The molecule has 0 fully saturated rings. The molecule has 2 unspecified atom stereocenters. The normalized spacial score (nSPS) is 14.3. The summed E-state index contributed by atoms with van der Waals surface area (Å²) >= 11 is 0. The van der Waals surface area contributed by atoms with Gasteiger partial charge in [0.15, 0.2) is 0 Å². The van der Waals surface area contributed by atoms with Gasteiger partial charge in [-0.25, -0.2) is 4.39 Å². The van der Waals surface area contributed by atoms with Crippen molar-refractivity contribution >= 4 is 10.8 Å². The number of halogens is 1. The Morgan fingerprint density at radius 1 is 1.10 bits per heavy atom. The van der Waals surface area contributed by atoms with Crippen LogP contribution in [-0.2, 0) is 0 Å². The van der Waals surface area contributed by atoms with Crippen molar-refractivity contribution in [3.05, 3.63) is 48.1 Å². The highest BCUT2D eigenvalue weighted by Crippen LogP contribution is 2.29. The maximum atomic E-state index is 13.8. The van der Waals surface area contributed by atoms with E-state index in [2.05, 4.69) is 10.1 Å². The third kappa shape index (κ3) is 2.40. The predicted octanol–water partition coefficient (Wildman–Crippen LogP) is 3.48. The van der Waals surface area contributed by atoms with Crippen LogP contribution in [0.2, 0.25) is 0 Å². The number of rotatable bonds is 3. The van der Waals surface area contributed by atoms with Crippen molar-refractivity contribution in [3.63, 3.8) is 0 Å². The fourth-order valence-electron chi connectivity index (χ4n) is 2.21. The molecule has 3 aromatic rings. The fraction of sp³-hybridized carbons (Fsp3) is 0.250. The highest BCUT2D eigenvalue weighted by Gasteiger charge is 2.19. The summed E-state index contributed by atoms with van der Waals surface area (Å²) in [5, 5.41) is 5.31. The molecule has 0 bridgehead atoms. The first-order valence-electron chi connectivity index (χ1n) is 6.84. The summed E-state index contributed by atoms with van der Waals surface area (Å²) in [6.45, 7) is 3.83. The van der Waals surface area contributed by atoms with Crippen molar-refractivity contribution in [2.24, 2.45) is 5.73 Å². The molecule has 0 aliphatic heterocycles. The average molecular weight is 285 g/mol. The molecule has 0 saturated heterocycles. The molecule has 4 nitrogen and oxygen atoms in total. The molecule has 1 heterocycles. The van der Waals surface area contributed by atoms with Crippen molar-refractivity contribution in [1.82, 2.24) is 10.1 Å². The molecule has 0 radical (unpaired) electrons. The fourth-order valence-corrected chi connectivity index (χ4v) is 2.21. The Balaban J connectivity index is 2.11. The average Bonchev–Trinajstić information content (AvgIpc) is 2.96. The van der Waals surface area contributed by atoms with E-state index in [0.29, 0.717) is 17.1 Å². The Morgan fingerprint density at radius 3 is 2.52 bits per heavy atom. The SMILES string of the molecule is CC(N)C(C)c1nc(-c2ccc(F)c3ccccc23)no1. The Morgan fingerprint density at radius 2 is 1.81 bits per heavy atom. The van der Waals surface area contributed by atoms with Crippen LogP contribution in [0.1, 0.15) is 25.7 Å². The van der Waals surface area contributed by atoms with Crippen LogP contribution in [0.5, 0.6) is 0 Å². The largest absolute Gasteiger partial charge is 0.339 e. The summed E-state index contributed by atoms with van der Waals surface area (Å²) in [5.41, 5.74) is 6.60. The van der Waals surface area contributed by atoms with E-state index < -0.39 is 0 Å². The molecule has 5 heteroatoms. The lowest BCUT2D eigenvalue weighted by Gasteiger charge is -2.09. The van der Waals surface area contributed by atoms with Crippen molar-refractivity contribution in [3.8, 4) is 11.4 Å². The summed E-state index contributed by atoms with van der Waals surface area (Å²) < 4.78 is 19.1. The van der Waals surface area contributed by atoms with Crippen molar-refractivity contribution in [2.45, 2.75) is 25.8 Å². The summed E-state index contributed by atoms with van der Waals surface area (Å²) in [6.07, 6.45) is 0. The van der Waals surface area contributed by atoms with Gasteiger partial charge in [0, 0.05) is 17.0 Å². The molecule has 1 aromatic heterocycles. The van der Waals surface area contributed by atoms with Gasteiger partial charge in [-0.15, -0.1) is 0 Å². The van der Waals surface area contributed by atoms with Crippen LogP contribution in [-0.4, -0.2) is 16.2 Å². The van der Waals surface area contributed by atoms with Gasteiger partial charge in [-0.1, -0.05) is 36.3 Å². The molecular formula is C16H16FN3O. The Kier molecular flexibility index (Phi) is 3.43. The maximum absolute atomic E-state index is 13.8. The second kappa shape index (κ2) is 5.26. The van der Waals surface area contributed by atoms with E-state index in [1.54, 1.807) is 18.2 Å². The third-order valence-corrected chi connectivity index (χ3v) is 3.73. The quantitative estimate of drug-likeness (QED) is 0.800. The zero-order valence-electron chi connectivity index (χ0n) is 11.9. The van der Waals surface area contributed by atoms with Gasteiger partial charge in [0.2, 0.25) is 11.7 Å². The first-order valence-corrected chi connectivity index (χ1v) is 6.84. The van der Waals surface area contributed by atoms with Crippen LogP contribution < -0.4 is 5.73 Å². The van der Waals surface area contributed by atoms with E-state index in [1.807, 2.05) is 26.0 Å². The van der Waals surface area contributed by atoms with Crippen LogP contribution in [0.15, 0.2) is 40.9 Å². The smallest absolute Gasteiger partial charge is 0.231 e. The van der Waals surface area contributed by atoms with Crippen molar-refractivity contribution in [1.29, 1.82) is 0 Å². The lowest BCUT2D eigenvalue weighted by Crippen LogP contribution is -2.22. The molecule has 2 aromatic carbocycles. The Hall–Kier alpha value is -2.27. The standard InChI is InChI=1S/C16H16FN3O/c1-9(10(2)18)16-19-15(20-21-16)13-7-8-14(17)12-6-4-3-5-11(12)13/h3-10H,18H2,1-2H3. The van der Waals surface area contributed by atoms with E-state index in [9.17, 15) is 4.39 Å². The predicted molar refractivity (Wildman–Crippen MR) is 79.3 cm³/mol. The molecule has 108 valence electrons. The van der Waals surface area contributed by atoms with Gasteiger partial charge in [-0.05, 0) is 24.4 Å². The lowest BCUT2D eigenvalue weighted by molar-refractivity contribution is 0.347. The summed E-state index contributed by atoms with van der Waals surface area (Å²) in [5.74, 6) is 0.655. The molecule has 2 N–H and O–H groups in total. The van der Waals surface area contributed by atoms with Gasteiger partial charge in [-0.3, -0.25) is 0 Å². The van der Waals surface area contributed by atoms with Crippen LogP contribution in [0, 0.1) is 5.82 Å². The Bertz CT molecular complexity index is 782. The number of nitrogens with two attached hydrogens (primary N) is 1. The van der Waals surface area contributed by atoms with Gasteiger partial charge in [-0.2, -0.15) is 4.98 Å². The van der Waals surface area contributed by atoms with E-state index in [4.69, 9.17) is 10.3 Å². The summed E-state index contributed by atoms with van der Waals surface area (Å²) in [4.78, 5) is 4.40. The van der Waals surface area contributed by atoms with Crippen LogP contribution in [0.25, 0.3) is 22.2 Å². The first-order chi connectivity index (χ1) is 10.1. The number of hydrogen-bond donors (Lipinski definition) is 1. The monoisotopic (exact) mass is 285 g/mol. The van der Waals surface area contributed by atoms with Gasteiger partial charge in [0.1, 0.15) is 5.82 Å². The number of nitrogens with zero attached hydrogens (tertiary/aromatic N) is 2. The van der Waals surface area contributed by atoms with Crippen LogP contribution in [0.4, 0.5) is 4.39 Å². The number of aromatic nitrogens is 2. The minimum atomic E-state index is -0.262. The second-order valence-electron chi connectivity index (χ2n) is 5.24. The number of fused-ring (bicyclic) bond motifs is 1. The molecule has 21 heavy (non-hydrogen) atoms. The zero-order valence-corrected chi connectivity index (χ0v) is 11.9. The van der Waals surface area contributed by atoms with Crippen molar-refractivity contribution < 1.29 is 8.91 Å². The highest BCUT2D eigenvalue weighted by atomic mass is 19.1. The second-order valence-corrected chi connectivity index (χ2v) is 5.24. The van der Waals surface area contributed by atoms with Gasteiger partial charge >= 0.3 is 0 Å². The first kappa shape index (κ1) is 13.7. The van der Waals surface area contributed by atoms with E-state index >= 15 is 0 Å². The van der Waals surface area contributed by atoms with Gasteiger partial charge < -0.3 is 10.3 Å². The molecular weight excluding hydrogens is 269 g/mol.